The molecule has 0 saturated carbocycles. The number of fused-ring (bicyclic) bond motifs is 2. The number of ketones is 2. The van der Waals surface area contributed by atoms with Gasteiger partial charge in [-0.2, -0.15) is 23.4 Å². The molecule has 1 aliphatic carbocycles. The lowest BCUT2D eigenvalue weighted by Gasteiger charge is -2.23. The lowest BCUT2D eigenvalue weighted by atomic mass is 9.82. The number of nitrogens with two attached hydrogens (primary N) is 1. The van der Waals surface area contributed by atoms with Crippen molar-refractivity contribution in [1.29, 1.82) is 0 Å². The van der Waals surface area contributed by atoms with Gasteiger partial charge < -0.3 is 21.3 Å². The van der Waals surface area contributed by atoms with E-state index < -0.39 is 32.3 Å². The lowest BCUT2D eigenvalue weighted by molar-refractivity contribution is -0.432. The molecular formula is C34H34ClN7O8S2. The van der Waals surface area contributed by atoms with Crippen LogP contribution in [0.3, 0.4) is 0 Å². The molecule has 0 fully saturated rings. The average molecular weight is 768 g/mol. The molecule has 6 N–H and O–H groups in total. The van der Waals surface area contributed by atoms with Crippen molar-refractivity contribution < 1.29 is 37.2 Å². The average Bonchev–Trinajstić information content (AvgIpc) is 3.13. The van der Waals surface area contributed by atoms with E-state index in [0.29, 0.717) is 23.9 Å². The van der Waals surface area contributed by atoms with Crippen molar-refractivity contribution in [2.45, 2.75) is 25.7 Å². The zero-order valence-corrected chi connectivity index (χ0v) is 30.6. The molecule has 6 rings (SSSR count). The summed E-state index contributed by atoms with van der Waals surface area (Å²) in [7, 11) is -4.85. The topological polar surface area (TPSA) is 219 Å². The highest BCUT2D eigenvalue weighted by Crippen LogP contribution is 2.40. The van der Waals surface area contributed by atoms with Gasteiger partial charge in [0, 0.05) is 53.0 Å². The van der Waals surface area contributed by atoms with Crippen LogP contribution in [0.2, 0.25) is 5.28 Å². The molecule has 18 heteroatoms. The zero-order chi connectivity index (χ0) is 38.0. The normalized spacial score (nSPS) is 11.6. The summed E-state index contributed by atoms with van der Waals surface area (Å²) in [6.07, 6.45) is 1.62. The molecular weight excluding hydrogens is 734 g/mol. The summed E-state index contributed by atoms with van der Waals surface area (Å²) in [5, 5.41) is 16.6. The van der Waals surface area contributed by atoms with Crippen LogP contribution in [-0.2, 0) is 19.5 Å². The van der Waals surface area contributed by atoms with Gasteiger partial charge in [-0.3, -0.25) is 14.1 Å². The summed E-state index contributed by atoms with van der Waals surface area (Å²) < 4.78 is 38.1. The molecule has 1 aliphatic rings. The number of hydrogen-bond acceptors (Lipinski definition) is 15. The number of carbonyl (C=O) groups excluding carboxylic acids is 2. The van der Waals surface area contributed by atoms with Crippen molar-refractivity contribution in [3.8, 4) is 0 Å². The van der Waals surface area contributed by atoms with E-state index in [2.05, 4.69) is 35.0 Å². The van der Waals surface area contributed by atoms with E-state index in [1.165, 1.54) is 12.1 Å². The maximum absolute atomic E-state index is 13.5. The largest absolute Gasteiger partial charge is 0.397 e. The first-order chi connectivity index (χ1) is 25.0. The minimum Gasteiger partial charge on any atom is -0.397 e. The highest BCUT2D eigenvalue weighted by atomic mass is 35.5. The molecule has 0 saturated heterocycles. The fraction of sp³-hybridized carbons (Fsp3) is 0.147. The first-order valence-electron chi connectivity index (χ1n) is 15.5. The number of hydrogen-bond donors (Lipinski definition) is 5. The van der Waals surface area contributed by atoms with Gasteiger partial charge in [-0.25, -0.2) is 5.26 Å². The van der Waals surface area contributed by atoms with E-state index in [0.717, 1.165) is 23.8 Å². The number of rotatable bonds is 10. The van der Waals surface area contributed by atoms with Gasteiger partial charge >= 0.3 is 0 Å². The van der Waals surface area contributed by atoms with Crippen molar-refractivity contribution in [2.24, 2.45) is 0 Å². The summed E-state index contributed by atoms with van der Waals surface area (Å²) >= 11 is 7.16. The zero-order valence-electron chi connectivity index (χ0n) is 28.2. The molecule has 0 bridgehead atoms. The highest BCUT2D eigenvalue weighted by Gasteiger charge is 2.36. The van der Waals surface area contributed by atoms with Crippen molar-refractivity contribution in [2.75, 3.05) is 34.1 Å². The number of aromatic nitrogens is 3. The Morgan fingerprint density at radius 3 is 1.94 bits per heavy atom. The van der Waals surface area contributed by atoms with Gasteiger partial charge in [0.25, 0.3) is 10.1 Å². The first kappa shape index (κ1) is 39.6. The lowest BCUT2D eigenvalue weighted by Crippen LogP contribution is -2.25. The second-order valence-electron chi connectivity index (χ2n) is 10.2. The molecule has 0 aliphatic heterocycles. The second kappa shape index (κ2) is 17.9. The predicted octanol–water partition coefficient (Wildman–Crippen LogP) is 7.49. The Balaban J connectivity index is 0.000000797. The Bertz CT molecular complexity index is 2160. The Morgan fingerprint density at radius 2 is 1.42 bits per heavy atom. The minimum atomic E-state index is -4.85. The van der Waals surface area contributed by atoms with Crippen molar-refractivity contribution in [1.82, 2.24) is 15.0 Å². The van der Waals surface area contributed by atoms with E-state index in [4.69, 9.17) is 22.6 Å². The fourth-order valence-electron chi connectivity index (χ4n) is 5.12. The van der Waals surface area contributed by atoms with Gasteiger partial charge in [0.1, 0.15) is 4.90 Å². The molecule has 0 amide bonds. The number of anilines is 7. The molecule has 1 heterocycles. The SMILES string of the molecule is CC.CCN(c1ccccc1)c1nc(Cl)nc(Nc2ccc(Nc3cc(S(=O)(=O)O)c(N)c4c3C(=O)c3ccccc3C4=O)cc2)n1.CSOOO. The number of halogens is 1. The van der Waals surface area contributed by atoms with Crippen LogP contribution in [0.5, 0.6) is 0 Å². The van der Waals surface area contributed by atoms with Gasteiger partial charge in [-0.1, -0.05) is 61.4 Å². The van der Waals surface area contributed by atoms with Crippen LogP contribution < -0.4 is 21.3 Å². The number of nitrogens with zero attached hydrogens (tertiary/aromatic N) is 4. The third kappa shape index (κ3) is 9.01. The van der Waals surface area contributed by atoms with Crippen LogP contribution in [0.1, 0.15) is 52.6 Å². The van der Waals surface area contributed by atoms with Crippen LogP contribution in [0.15, 0.2) is 89.8 Å². The predicted molar refractivity (Wildman–Crippen MR) is 201 cm³/mol. The van der Waals surface area contributed by atoms with Gasteiger partial charge in [0.05, 0.1) is 22.5 Å². The van der Waals surface area contributed by atoms with Crippen LogP contribution in [0, 0.1) is 0 Å². The highest BCUT2D eigenvalue weighted by molar-refractivity contribution is 7.93. The monoisotopic (exact) mass is 767 g/mol. The fourth-order valence-corrected chi connectivity index (χ4v) is 5.98. The molecule has 4 aromatic carbocycles. The second-order valence-corrected chi connectivity index (χ2v) is 12.4. The third-order valence-electron chi connectivity index (χ3n) is 7.22. The van der Waals surface area contributed by atoms with Crippen LogP contribution >= 0.6 is 23.6 Å². The number of benzene rings is 4. The molecule has 0 radical (unpaired) electrons. The minimum absolute atomic E-state index is 0.00119. The molecule has 0 atom stereocenters. The molecule has 15 nitrogen and oxygen atoms in total. The van der Waals surface area contributed by atoms with E-state index in [1.807, 2.05) is 56.0 Å². The Labute approximate surface area is 309 Å². The summed E-state index contributed by atoms with van der Waals surface area (Å²) in [5.74, 6) is -0.592. The first-order valence-corrected chi connectivity index (χ1v) is 18.4. The standard InChI is InChI=1S/C31H24ClN7O5S.C2H6.CH4O3S/c1-2-39(19-8-4-3-5-9-19)31-37-29(32)36-30(38-31)35-18-14-12-17(13-15-18)34-22-16-23(45(42,43)44)26(33)25-24(22)27(40)20-10-6-7-11-21(20)28(25)41;1-2;1-5-4-3-2/h3-16,34H,2,33H2,1H3,(H,42,43,44)(H,35,36,37,38);1-2H3;2H,1H3. The summed E-state index contributed by atoms with van der Waals surface area (Å²) in [4.78, 5) is 41.1. The Morgan fingerprint density at radius 1 is 0.865 bits per heavy atom. The maximum Gasteiger partial charge on any atom is 0.296 e. The van der Waals surface area contributed by atoms with Gasteiger partial charge in [-0.05, 0) is 61.0 Å². The Hall–Kier alpha value is -5.14. The van der Waals surface area contributed by atoms with Crippen LogP contribution in [0.4, 0.5) is 40.3 Å². The molecule has 0 unspecified atom stereocenters. The van der Waals surface area contributed by atoms with Gasteiger partial charge in [0.2, 0.25) is 17.2 Å². The molecule has 0 spiro atoms. The van der Waals surface area contributed by atoms with Gasteiger partial charge in [-0.15, -0.1) is 4.33 Å². The Kier molecular flexibility index (Phi) is 13.6. The van der Waals surface area contributed by atoms with Crippen LogP contribution in [-0.4, -0.2) is 57.5 Å². The maximum atomic E-state index is 13.5. The summed E-state index contributed by atoms with van der Waals surface area (Å²) in [6.45, 7) is 6.54. The van der Waals surface area contributed by atoms with Crippen molar-refractivity contribution in [3.05, 3.63) is 112 Å². The quantitative estimate of drug-likeness (QED) is 0.0300. The third-order valence-corrected chi connectivity index (χ3v) is 8.48. The molecule has 52 heavy (non-hydrogen) atoms. The van der Waals surface area contributed by atoms with Crippen LogP contribution in [0.25, 0.3) is 0 Å². The van der Waals surface area contributed by atoms with E-state index in [9.17, 15) is 22.6 Å². The smallest absolute Gasteiger partial charge is 0.296 e. The van der Waals surface area contributed by atoms with E-state index >= 15 is 0 Å². The van der Waals surface area contributed by atoms with Gasteiger partial charge in [0.15, 0.2) is 11.6 Å². The van der Waals surface area contributed by atoms with Crippen molar-refractivity contribution >= 4 is 85.7 Å². The van der Waals surface area contributed by atoms with E-state index in [-0.39, 0.29) is 39.2 Å². The number of carbonyl (C=O) groups is 2. The number of para-hydroxylation sites is 1. The molecule has 1 aromatic heterocycles. The number of nitrogens with one attached hydrogen (secondary N) is 2. The molecule has 5 aromatic rings. The van der Waals surface area contributed by atoms with Crippen molar-refractivity contribution in [3.63, 3.8) is 0 Å². The summed E-state index contributed by atoms with van der Waals surface area (Å²) in [6, 6.07) is 23.5. The molecule has 272 valence electrons. The number of nitrogen functional groups attached to an aromatic ring is 1. The summed E-state index contributed by atoms with van der Waals surface area (Å²) in [5.41, 5.74) is 7.27. The van der Waals surface area contributed by atoms with E-state index in [1.54, 1.807) is 42.7 Å².